The molecule has 14 heavy (non-hydrogen) atoms. The molecule has 0 aliphatic rings. The third-order valence-electron chi connectivity index (χ3n) is 1.71. The highest BCUT2D eigenvalue weighted by atomic mass is 35.5. The van der Waals surface area contributed by atoms with E-state index in [1.54, 1.807) is 13.8 Å². The summed E-state index contributed by atoms with van der Waals surface area (Å²) in [6, 6.07) is 2.72. The van der Waals surface area contributed by atoms with E-state index < -0.39 is 11.8 Å². The van der Waals surface area contributed by atoms with Crippen LogP contribution in [0.3, 0.4) is 0 Å². The maximum atomic E-state index is 13.4. The lowest BCUT2D eigenvalue weighted by molar-refractivity contribution is 0.0521. The van der Waals surface area contributed by atoms with Crippen molar-refractivity contribution in [3.8, 4) is 0 Å². The molecule has 1 aromatic rings. The molecule has 0 saturated heterocycles. The first-order valence-corrected chi connectivity index (χ1v) is 4.56. The molecule has 76 valence electrons. The number of aryl methyl sites for hydroxylation is 1. The quantitative estimate of drug-likeness (QED) is 0.711. The number of hydrogen-bond donors (Lipinski definition) is 0. The molecule has 4 heteroatoms. The number of carbonyl (C=O) groups is 1. The van der Waals surface area contributed by atoms with Crippen LogP contribution in [0.5, 0.6) is 0 Å². The maximum Gasteiger partial charge on any atom is 0.341 e. The lowest BCUT2D eigenvalue weighted by Crippen LogP contribution is -2.08. The Kier molecular flexibility index (Phi) is 3.47. The van der Waals surface area contributed by atoms with Crippen molar-refractivity contribution in [3.05, 3.63) is 34.1 Å². The predicted octanol–water partition coefficient (Wildman–Crippen LogP) is 2.96. The summed E-state index contributed by atoms with van der Waals surface area (Å²) in [4.78, 5) is 11.2. The smallest absolute Gasteiger partial charge is 0.341 e. The molecule has 0 saturated carbocycles. The minimum atomic E-state index is -0.685. The number of esters is 1. The van der Waals surface area contributed by atoms with Gasteiger partial charge in [-0.05, 0) is 31.5 Å². The zero-order valence-corrected chi connectivity index (χ0v) is 8.69. The zero-order valence-electron chi connectivity index (χ0n) is 7.93. The fraction of sp³-hybridized carbons (Fsp3) is 0.300. The number of hydrogen-bond acceptors (Lipinski definition) is 2. The summed E-state index contributed by atoms with van der Waals surface area (Å²) >= 11 is 5.69. The van der Waals surface area contributed by atoms with Gasteiger partial charge in [-0.15, -0.1) is 0 Å². The lowest BCUT2D eigenvalue weighted by atomic mass is 10.1. The van der Waals surface area contributed by atoms with E-state index in [0.29, 0.717) is 10.6 Å². The van der Waals surface area contributed by atoms with Crippen LogP contribution in [0.1, 0.15) is 22.8 Å². The van der Waals surface area contributed by atoms with E-state index >= 15 is 0 Å². The molecule has 0 radical (unpaired) electrons. The second-order valence-electron chi connectivity index (χ2n) is 2.80. The molecular weight excluding hydrogens is 207 g/mol. The van der Waals surface area contributed by atoms with E-state index in [0.717, 1.165) is 0 Å². The lowest BCUT2D eigenvalue weighted by Gasteiger charge is -2.05. The van der Waals surface area contributed by atoms with Crippen LogP contribution in [-0.4, -0.2) is 12.6 Å². The van der Waals surface area contributed by atoms with Gasteiger partial charge >= 0.3 is 5.97 Å². The van der Waals surface area contributed by atoms with Crippen molar-refractivity contribution in [2.24, 2.45) is 0 Å². The van der Waals surface area contributed by atoms with Crippen molar-refractivity contribution in [2.75, 3.05) is 6.61 Å². The van der Waals surface area contributed by atoms with Gasteiger partial charge < -0.3 is 4.74 Å². The summed E-state index contributed by atoms with van der Waals surface area (Å²) < 4.78 is 18.1. The van der Waals surface area contributed by atoms with Gasteiger partial charge in [-0.2, -0.15) is 0 Å². The van der Waals surface area contributed by atoms with Gasteiger partial charge in [0.15, 0.2) is 0 Å². The fourth-order valence-corrected chi connectivity index (χ4v) is 1.36. The molecule has 0 N–H and O–H groups in total. The molecular formula is C10H10ClFO2. The van der Waals surface area contributed by atoms with E-state index in [1.165, 1.54) is 12.1 Å². The van der Waals surface area contributed by atoms with Crippen molar-refractivity contribution in [3.63, 3.8) is 0 Å². The summed E-state index contributed by atoms with van der Waals surface area (Å²) in [5, 5.41) is 0.326. The molecule has 0 heterocycles. The topological polar surface area (TPSA) is 26.3 Å². The van der Waals surface area contributed by atoms with E-state index in [2.05, 4.69) is 4.74 Å². The number of benzene rings is 1. The van der Waals surface area contributed by atoms with Gasteiger partial charge in [-0.1, -0.05) is 11.6 Å². The highest BCUT2D eigenvalue weighted by Crippen LogP contribution is 2.19. The number of ether oxygens (including phenoxy) is 1. The average molecular weight is 217 g/mol. The maximum absolute atomic E-state index is 13.4. The predicted molar refractivity (Wildman–Crippen MR) is 52.1 cm³/mol. The molecule has 0 bridgehead atoms. The van der Waals surface area contributed by atoms with Gasteiger partial charge in [0.1, 0.15) is 5.82 Å². The molecule has 2 nitrogen and oxygen atoms in total. The van der Waals surface area contributed by atoms with E-state index in [1.807, 2.05) is 0 Å². The van der Waals surface area contributed by atoms with Crippen LogP contribution in [0.4, 0.5) is 4.39 Å². The summed E-state index contributed by atoms with van der Waals surface area (Å²) in [6.45, 7) is 3.42. The Bertz CT molecular complexity index is 363. The van der Waals surface area contributed by atoms with Gasteiger partial charge in [0.05, 0.1) is 12.2 Å². The summed E-state index contributed by atoms with van der Waals surface area (Å²) in [5.74, 6) is -1.26. The first-order valence-electron chi connectivity index (χ1n) is 4.19. The normalized spacial score (nSPS) is 10.0. The van der Waals surface area contributed by atoms with Crippen molar-refractivity contribution in [2.45, 2.75) is 13.8 Å². The van der Waals surface area contributed by atoms with Crippen LogP contribution >= 0.6 is 11.6 Å². The number of rotatable bonds is 2. The second kappa shape index (κ2) is 4.42. The molecule has 0 fully saturated rings. The van der Waals surface area contributed by atoms with E-state index in [-0.39, 0.29) is 12.2 Å². The molecule has 0 aliphatic carbocycles. The van der Waals surface area contributed by atoms with Crippen LogP contribution in [0.25, 0.3) is 0 Å². The Labute approximate surface area is 86.6 Å². The van der Waals surface area contributed by atoms with Crippen LogP contribution in [-0.2, 0) is 4.74 Å². The molecule has 0 amide bonds. The van der Waals surface area contributed by atoms with E-state index in [4.69, 9.17) is 11.6 Å². The largest absolute Gasteiger partial charge is 0.462 e. The Morgan fingerprint density at radius 2 is 2.21 bits per heavy atom. The van der Waals surface area contributed by atoms with Crippen molar-refractivity contribution >= 4 is 17.6 Å². The van der Waals surface area contributed by atoms with Crippen LogP contribution in [0.15, 0.2) is 12.1 Å². The number of halogens is 2. The van der Waals surface area contributed by atoms with Crippen LogP contribution < -0.4 is 0 Å². The van der Waals surface area contributed by atoms with Gasteiger partial charge in [0.25, 0.3) is 0 Å². The standard InChI is InChI=1S/C10H10ClFO2/c1-3-14-10(13)8-5-7(11)4-6(2)9(8)12/h4-5H,3H2,1-2H3. The Morgan fingerprint density at radius 1 is 1.57 bits per heavy atom. The molecule has 1 rings (SSSR count). The molecule has 0 aliphatic heterocycles. The first kappa shape index (κ1) is 11.0. The first-order chi connectivity index (χ1) is 6.56. The van der Waals surface area contributed by atoms with Gasteiger partial charge in [-0.3, -0.25) is 0 Å². The van der Waals surface area contributed by atoms with Gasteiger partial charge in [0, 0.05) is 5.02 Å². The second-order valence-corrected chi connectivity index (χ2v) is 3.24. The third-order valence-corrected chi connectivity index (χ3v) is 1.93. The fourth-order valence-electron chi connectivity index (χ4n) is 1.08. The monoisotopic (exact) mass is 216 g/mol. The highest BCUT2D eigenvalue weighted by molar-refractivity contribution is 6.31. The number of carbonyl (C=O) groups excluding carboxylic acids is 1. The SMILES string of the molecule is CCOC(=O)c1cc(Cl)cc(C)c1F. The van der Waals surface area contributed by atoms with Crippen molar-refractivity contribution in [1.82, 2.24) is 0 Å². The molecule has 1 aromatic carbocycles. The average Bonchev–Trinajstić information content (AvgIpc) is 2.11. The Hall–Kier alpha value is -1.09. The Balaban J connectivity index is 3.13. The summed E-state index contributed by atoms with van der Waals surface area (Å²) in [7, 11) is 0. The Morgan fingerprint density at radius 3 is 2.79 bits per heavy atom. The molecule has 0 spiro atoms. The molecule has 0 atom stereocenters. The van der Waals surface area contributed by atoms with Crippen LogP contribution in [0.2, 0.25) is 5.02 Å². The zero-order chi connectivity index (χ0) is 10.7. The van der Waals surface area contributed by atoms with Crippen molar-refractivity contribution in [1.29, 1.82) is 0 Å². The van der Waals surface area contributed by atoms with Gasteiger partial charge in [-0.25, -0.2) is 9.18 Å². The van der Waals surface area contributed by atoms with Crippen LogP contribution in [0, 0.1) is 12.7 Å². The third kappa shape index (κ3) is 2.23. The van der Waals surface area contributed by atoms with Crippen molar-refractivity contribution < 1.29 is 13.9 Å². The minimum Gasteiger partial charge on any atom is -0.462 e. The summed E-state index contributed by atoms with van der Waals surface area (Å²) in [5.41, 5.74) is 0.220. The summed E-state index contributed by atoms with van der Waals surface area (Å²) in [6.07, 6.45) is 0. The minimum absolute atomic E-state index is 0.114. The van der Waals surface area contributed by atoms with E-state index in [9.17, 15) is 9.18 Å². The van der Waals surface area contributed by atoms with Gasteiger partial charge in [0.2, 0.25) is 0 Å². The molecule has 0 unspecified atom stereocenters. The highest BCUT2D eigenvalue weighted by Gasteiger charge is 2.15. The molecule has 0 aromatic heterocycles.